The summed E-state index contributed by atoms with van der Waals surface area (Å²) in [6.07, 6.45) is 0.691. The highest BCUT2D eigenvalue weighted by atomic mass is 32.2. The highest BCUT2D eigenvalue weighted by Gasteiger charge is 2.37. The number of hydrogen-bond donors (Lipinski definition) is 3. The molecule has 0 spiro atoms. The first-order valence-corrected chi connectivity index (χ1v) is 11.1. The molecule has 4 rings (SSSR count). The number of anilines is 2. The molecule has 0 radical (unpaired) electrons. The number of carboxylic acid groups (broad SMARTS) is 1. The number of halogens is 1. The SMILES string of the molecule is CC1(C)Cc2cc(C(=O)O)ccc2NC1c1ccccc1NS(=O)c1ccc(F)cc1. The van der Waals surface area contributed by atoms with Crippen LogP contribution in [0.2, 0.25) is 0 Å². The molecule has 5 nitrogen and oxygen atoms in total. The first-order valence-electron chi connectivity index (χ1n) is 9.90. The van der Waals surface area contributed by atoms with Gasteiger partial charge in [-0.05, 0) is 71.5 Å². The second kappa shape index (κ2) is 8.15. The molecule has 0 bridgehead atoms. The summed E-state index contributed by atoms with van der Waals surface area (Å²) in [7, 11) is -1.55. The number of fused-ring (bicyclic) bond motifs is 1. The zero-order valence-corrected chi connectivity index (χ0v) is 18.0. The fourth-order valence-corrected chi connectivity index (χ4v) is 4.90. The molecule has 3 aromatic carbocycles. The molecule has 0 amide bonds. The van der Waals surface area contributed by atoms with Gasteiger partial charge in [0.05, 0.1) is 22.2 Å². The van der Waals surface area contributed by atoms with Crippen LogP contribution in [-0.4, -0.2) is 15.3 Å². The van der Waals surface area contributed by atoms with Crippen LogP contribution in [0.4, 0.5) is 15.8 Å². The molecular formula is C24H23FN2O3S. The van der Waals surface area contributed by atoms with E-state index in [0.717, 1.165) is 22.5 Å². The molecule has 3 aromatic rings. The monoisotopic (exact) mass is 438 g/mol. The van der Waals surface area contributed by atoms with E-state index in [1.807, 2.05) is 24.3 Å². The van der Waals surface area contributed by atoms with Crippen molar-refractivity contribution in [1.29, 1.82) is 0 Å². The second-order valence-corrected chi connectivity index (χ2v) is 9.54. The number of aromatic carboxylic acids is 1. The molecule has 7 heteroatoms. The standard InChI is InChI=1S/C24H23FN2O3S/c1-24(2)14-16-13-15(23(28)29)7-12-20(16)26-22(24)19-5-3-4-6-21(19)27-31(30)18-10-8-17(25)9-11-18/h3-13,22,26-27H,14H2,1-2H3,(H,28,29). The van der Waals surface area contributed by atoms with Gasteiger partial charge >= 0.3 is 5.97 Å². The van der Waals surface area contributed by atoms with Crippen LogP contribution in [0.5, 0.6) is 0 Å². The maximum atomic E-state index is 13.2. The maximum Gasteiger partial charge on any atom is 0.335 e. The average Bonchev–Trinajstić information content (AvgIpc) is 2.73. The van der Waals surface area contributed by atoms with Crippen LogP contribution < -0.4 is 10.0 Å². The number of nitrogens with one attached hydrogen (secondary N) is 2. The predicted octanol–water partition coefficient (Wildman–Crippen LogP) is 5.39. The van der Waals surface area contributed by atoms with Crippen molar-refractivity contribution in [2.75, 3.05) is 10.0 Å². The van der Waals surface area contributed by atoms with Crippen LogP contribution in [0, 0.1) is 11.2 Å². The van der Waals surface area contributed by atoms with Crippen molar-refractivity contribution >= 4 is 28.3 Å². The number of carboxylic acids is 1. The van der Waals surface area contributed by atoms with Gasteiger partial charge in [-0.1, -0.05) is 32.0 Å². The van der Waals surface area contributed by atoms with Crippen molar-refractivity contribution < 1.29 is 18.5 Å². The van der Waals surface area contributed by atoms with E-state index in [-0.39, 0.29) is 22.8 Å². The Morgan fingerprint density at radius 3 is 2.55 bits per heavy atom. The molecule has 31 heavy (non-hydrogen) atoms. The van der Waals surface area contributed by atoms with E-state index in [2.05, 4.69) is 23.9 Å². The van der Waals surface area contributed by atoms with Crippen LogP contribution in [-0.2, 0) is 17.4 Å². The Morgan fingerprint density at radius 1 is 1.13 bits per heavy atom. The lowest BCUT2D eigenvalue weighted by Gasteiger charge is -2.42. The van der Waals surface area contributed by atoms with E-state index < -0.39 is 17.0 Å². The summed E-state index contributed by atoms with van der Waals surface area (Å²) >= 11 is 0. The third-order valence-corrected chi connectivity index (χ3v) is 6.69. The molecule has 0 aromatic heterocycles. The van der Waals surface area contributed by atoms with Gasteiger partial charge in [-0.25, -0.2) is 13.4 Å². The molecule has 2 unspecified atom stereocenters. The maximum absolute atomic E-state index is 13.2. The van der Waals surface area contributed by atoms with Crippen molar-refractivity contribution in [2.45, 2.75) is 31.2 Å². The zero-order valence-electron chi connectivity index (χ0n) is 17.2. The highest BCUT2D eigenvalue weighted by molar-refractivity contribution is 7.86. The van der Waals surface area contributed by atoms with Gasteiger partial charge in [0, 0.05) is 5.69 Å². The zero-order chi connectivity index (χ0) is 22.2. The Kier molecular flexibility index (Phi) is 5.54. The van der Waals surface area contributed by atoms with Gasteiger partial charge in [0.1, 0.15) is 16.8 Å². The fourth-order valence-electron chi connectivity index (χ4n) is 4.01. The second-order valence-electron chi connectivity index (χ2n) is 8.33. The van der Waals surface area contributed by atoms with Crippen molar-refractivity contribution in [1.82, 2.24) is 0 Å². The number of benzene rings is 3. The summed E-state index contributed by atoms with van der Waals surface area (Å²) in [4.78, 5) is 11.8. The molecule has 0 aliphatic carbocycles. The molecule has 1 heterocycles. The van der Waals surface area contributed by atoms with Crippen molar-refractivity contribution in [2.24, 2.45) is 5.41 Å². The van der Waals surface area contributed by atoms with Crippen molar-refractivity contribution in [3.05, 3.63) is 89.2 Å². The highest BCUT2D eigenvalue weighted by Crippen LogP contribution is 2.46. The number of hydrogen-bond acceptors (Lipinski definition) is 3. The summed E-state index contributed by atoms with van der Waals surface area (Å²) in [5.74, 6) is -1.32. The van der Waals surface area contributed by atoms with E-state index in [0.29, 0.717) is 11.3 Å². The van der Waals surface area contributed by atoms with Gasteiger partial charge < -0.3 is 15.1 Å². The smallest absolute Gasteiger partial charge is 0.335 e. The van der Waals surface area contributed by atoms with E-state index in [1.165, 1.54) is 24.3 Å². The lowest BCUT2D eigenvalue weighted by molar-refractivity contribution is 0.0696. The Balaban J connectivity index is 1.66. The Morgan fingerprint density at radius 2 is 1.84 bits per heavy atom. The molecule has 0 saturated carbocycles. The van der Waals surface area contributed by atoms with Crippen LogP contribution in [0.3, 0.4) is 0 Å². The Labute approximate surface area is 182 Å². The summed E-state index contributed by atoms with van der Waals surface area (Å²) < 4.78 is 29.1. The molecule has 2 atom stereocenters. The van der Waals surface area contributed by atoms with E-state index >= 15 is 0 Å². The molecule has 1 aliphatic heterocycles. The van der Waals surface area contributed by atoms with Gasteiger partial charge in [-0.2, -0.15) is 0 Å². The fraction of sp³-hybridized carbons (Fsp3) is 0.208. The summed E-state index contributed by atoms with van der Waals surface area (Å²) in [6.45, 7) is 4.24. The minimum Gasteiger partial charge on any atom is -0.478 e. The Hall–Kier alpha value is -3.19. The molecule has 3 N–H and O–H groups in total. The lowest BCUT2D eigenvalue weighted by Crippen LogP contribution is -2.35. The molecule has 0 fully saturated rings. The molecule has 1 aliphatic rings. The first kappa shape index (κ1) is 21.1. The van der Waals surface area contributed by atoms with Gasteiger partial charge in [-0.15, -0.1) is 0 Å². The minimum absolute atomic E-state index is 0.0930. The lowest BCUT2D eigenvalue weighted by atomic mass is 9.72. The summed E-state index contributed by atoms with van der Waals surface area (Å²) in [6, 6.07) is 18.3. The van der Waals surface area contributed by atoms with Crippen molar-refractivity contribution in [3.8, 4) is 0 Å². The largest absolute Gasteiger partial charge is 0.478 e. The third kappa shape index (κ3) is 4.32. The Bertz CT molecular complexity index is 1160. The van der Waals surface area contributed by atoms with E-state index in [4.69, 9.17) is 0 Å². The third-order valence-electron chi connectivity index (χ3n) is 5.58. The summed E-state index contributed by atoms with van der Waals surface area (Å²) in [5.41, 5.74) is 3.56. The van der Waals surface area contributed by atoms with E-state index in [1.54, 1.807) is 18.2 Å². The minimum atomic E-state index is -1.55. The van der Waals surface area contributed by atoms with Gasteiger partial charge in [0.15, 0.2) is 0 Å². The van der Waals surface area contributed by atoms with Crippen LogP contribution in [0.25, 0.3) is 0 Å². The number of rotatable bonds is 5. The van der Waals surface area contributed by atoms with Crippen LogP contribution in [0.1, 0.15) is 41.4 Å². The average molecular weight is 439 g/mol. The molecule has 0 saturated heterocycles. The quantitative estimate of drug-likeness (QED) is 0.499. The van der Waals surface area contributed by atoms with Gasteiger partial charge in [0.25, 0.3) is 0 Å². The normalized spacial score (nSPS) is 17.8. The van der Waals surface area contributed by atoms with Gasteiger partial charge in [-0.3, -0.25) is 0 Å². The summed E-state index contributed by atoms with van der Waals surface area (Å²) in [5, 5.41) is 12.8. The molecule has 160 valence electrons. The van der Waals surface area contributed by atoms with E-state index in [9.17, 15) is 18.5 Å². The number of para-hydroxylation sites is 1. The first-order chi connectivity index (χ1) is 14.7. The van der Waals surface area contributed by atoms with Gasteiger partial charge in [0.2, 0.25) is 0 Å². The van der Waals surface area contributed by atoms with Crippen molar-refractivity contribution in [3.63, 3.8) is 0 Å². The number of carbonyl (C=O) groups is 1. The molecular weight excluding hydrogens is 415 g/mol. The predicted molar refractivity (Wildman–Crippen MR) is 120 cm³/mol. The van der Waals surface area contributed by atoms with Crippen LogP contribution in [0.15, 0.2) is 71.6 Å². The topological polar surface area (TPSA) is 78.4 Å². The van der Waals surface area contributed by atoms with Crippen LogP contribution >= 0.6 is 0 Å².